The Morgan fingerprint density at radius 3 is 1.53 bits per heavy atom. The van der Waals surface area contributed by atoms with Crippen LogP contribution in [0.15, 0.2) is 98.1 Å². The zero-order valence-corrected chi connectivity index (χ0v) is 63.8. The maximum absolute atomic E-state index is 13.6. The molecule has 8 heterocycles. The lowest BCUT2D eigenvalue weighted by Crippen LogP contribution is -2.27. The fraction of sp³-hybridized carbons (Fsp3) is 0.408. The van der Waals surface area contributed by atoms with Gasteiger partial charge >= 0.3 is 0 Å². The van der Waals surface area contributed by atoms with Gasteiger partial charge in [-0.1, -0.05) is 19.1 Å². The Bertz CT molecular complexity index is 4790. The summed E-state index contributed by atoms with van der Waals surface area (Å²) in [5.41, 5.74) is 5.94. The topological polar surface area (TPSA) is 357 Å². The number of imidazole rings is 4. The number of aromatic nitrogens is 12. The van der Waals surface area contributed by atoms with Crippen molar-refractivity contribution >= 4 is 105 Å². The molecule has 0 fully saturated rings. The summed E-state index contributed by atoms with van der Waals surface area (Å²) in [5, 5.41) is 16.6. The molecule has 0 bridgehead atoms. The summed E-state index contributed by atoms with van der Waals surface area (Å²) in [7, 11) is 17.2. The zero-order chi connectivity index (χ0) is 78.0. The molecule has 0 radical (unpaired) electrons. The van der Waals surface area contributed by atoms with E-state index in [9.17, 15) is 52.7 Å². The number of unbranched alkanes of at least 4 members (excludes halogenated alkanes) is 1. The summed E-state index contributed by atoms with van der Waals surface area (Å²) >= 11 is 5.99. The van der Waals surface area contributed by atoms with Gasteiger partial charge in [0.2, 0.25) is 29.2 Å². The number of benzene rings is 1. The van der Waals surface area contributed by atoms with E-state index in [2.05, 4.69) is 92.8 Å². The molecule has 0 saturated carbocycles. The Kier molecular flexibility index (Phi) is 27.6. The first-order chi connectivity index (χ1) is 51.5. The van der Waals surface area contributed by atoms with Crippen molar-refractivity contribution in [2.75, 3.05) is 78.9 Å². The van der Waals surface area contributed by atoms with Crippen LogP contribution in [0, 0.1) is 0 Å². The van der Waals surface area contributed by atoms with Gasteiger partial charge in [0.05, 0.1) is 59.1 Å². The molecule has 0 spiro atoms. The van der Waals surface area contributed by atoms with Crippen molar-refractivity contribution in [3.8, 4) is 0 Å². The normalized spacial score (nSPS) is 11.3. The van der Waals surface area contributed by atoms with Crippen molar-refractivity contribution in [1.82, 2.24) is 72.0 Å². The van der Waals surface area contributed by atoms with Crippen molar-refractivity contribution < 1.29 is 52.7 Å². The highest BCUT2D eigenvalue weighted by molar-refractivity contribution is 6.18. The monoisotopic (exact) mass is 1500 g/mol. The van der Waals surface area contributed by atoms with E-state index in [0.29, 0.717) is 77.1 Å². The first-order valence-corrected chi connectivity index (χ1v) is 36.3. The van der Waals surface area contributed by atoms with Crippen LogP contribution in [-0.4, -0.2) is 178 Å². The summed E-state index contributed by atoms with van der Waals surface area (Å²) in [4.78, 5) is 168. The smallest absolute Gasteiger partial charge is 0.291 e. The van der Waals surface area contributed by atoms with Gasteiger partial charge in [-0.15, -0.1) is 11.6 Å². The standard InChI is InChI=1S/C76H95ClN20O11/c1-12-29-97(31-26-77)56-23-21-48(22-24-56)17-15-20-67(103)78-28-25-68(104)80-51-35-60(91(6)41-51)74(106)84-52-37-61(92(7)42-52)75(107)87-66-47-96(11)72(86-66)76(108)85-53-36-59(90(5)43-53)73(105)79-27-16-18-57(98)34-50-44-94(9)70(81-50)64(101)33-49-32-58(89(4)40-49)63(100)38-54-45-95(10)71(83-54)65(102)39-55-46-93(8)69(82-55)62(99)19-13-14-30-88(2)3/h21-24,32,35-37,40-47H,12-20,25-31,33-34,38-39H2,1-11H3,(H,78,103)(H,79,105)(H,80,104)(H,84,106)(H,85,108)(H,87,107). The first-order valence-electron chi connectivity index (χ1n) is 35.8. The van der Waals surface area contributed by atoms with E-state index in [-0.39, 0.29) is 138 Å². The fourth-order valence-corrected chi connectivity index (χ4v) is 12.9. The Morgan fingerprint density at radius 1 is 0.407 bits per heavy atom. The number of hydrogen-bond donors (Lipinski definition) is 6. The maximum Gasteiger partial charge on any atom is 0.291 e. The number of nitrogens with one attached hydrogen (secondary N) is 6. The van der Waals surface area contributed by atoms with Gasteiger partial charge in [-0.3, -0.25) is 52.7 Å². The molecule has 9 aromatic rings. The average Bonchev–Trinajstić information content (AvgIpc) is 1.67. The van der Waals surface area contributed by atoms with Crippen molar-refractivity contribution in [3.05, 3.63) is 172 Å². The molecule has 0 aliphatic heterocycles. The quantitative estimate of drug-likeness (QED) is 0.0126. The van der Waals surface area contributed by atoms with Crippen molar-refractivity contribution in [3.63, 3.8) is 0 Å². The Labute approximate surface area is 630 Å². The number of nitrogens with zero attached hydrogens (tertiary/aromatic N) is 14. The molecule has 0 atom stereocenters. The zero-order valence-electron chi connectivity index (χ0n) is 63.0. The summed E-state index contributed by atoms with van der Waals surface area (Å²) in [6.45, 7) is 5.01. The van der Waals surface area contributed by atoms with Gasteiger partial charge in [-0.25, -0.2) is 19.9 Å². The second-order valence-corrected chi connectivity index (χ2v) is 27.7. The van der Waals surface area contributed by atoms with E-state index in [1.54, 1.807) is 129 Å². The second kappa shape index (κ2) is 37.1. The maximum atomic E-state index is 13.6. The summed E-state index contributed by atoms with van der Waals surface area (Å²) in [5.74, 6) is -2.73. The predicted molar refractivity (Wildman–Crippen MR) is 408 cm³/mol. The minimum absolute atomic E-state index is 0.0218. The molecule has 9 rings (SSSR count). The molecule has 0 aliphatic rings. The molecule has 1 aromatic carbocycles. The molecule has 0 unspecified atom stereocenters. The van der Waals surface area contributed by atoms with Crippen LogP contribution in [0.1, 0.15) is 177 Å². The number of ketones is 5. The molecule has 31 nitrogen and oxygen atoms in total. The lowest BCUT2D eigenvalue weighted by molar-refractivity contribution is -0.121. The Balaban J connectivity index is 0.663. The van der Waals surface area contributed by atoms with Crippen LogP contribution in [0.3, 0.4) is 0 Å². The molecular weight excluding hydrogens is 1400 g/mol. The molecule has 0 saturated heterocycles. The van der Waals surface area contributed by atoms with Crippen LogP contribution in [-0.2, 0) is 103 Å². The van der Waals surface area contributed by atoms with Crippen LogP contribution in [0.5, 0.6) is 0 Å². The lowest BCUT2D eigenvalue weighted by atomic mass is 10.1. The Morgan fingerprint density at radius 2 is 0.935 bits per heavy atom. The number of hydrogen-bond acceptors (Lipinski definition) is 17. The molecule has 6 amide bonds. The molecule has 32 heteroatoms. The van der Waals surface area contributed by atoms with Gasteiger partial charge in [-0.05, 0) is 107 Å². The predicted octanol–water partition coefficient (Wildman–Crippen LogP) is 7.17. The third-order valence-electron chi connectivity index (χ3n) is 18.0. The number of anilines is 5. The van der Waals surface area contributed by atoms with Crippen LogP contribution >= 0.6 is 11.6 Å². The highest BCUT2D eigenvalue weighted by Crippen LogP contribution is 2.23. The van der Waals surface area contributed by atoms with E-state index in [1.807, 2.05) is 14.1 Å². The van der Waals surface area contributed by atoms with Gasteiger partial charge in [0.1, 0.15) is 22.9 Å². The number of alkyl halides is 1. The molecule has 8 aromatic heterocycles. The van der Waals surface area contributed by atoms with Crippen molar-refractivity contribution in [1.29, 1.82) is 0 Å². The van der Waals surface area contributed by atoms with E-state index in [4.69, 9.17) is 11.6 Å². The number of carbonyl (C=O) groups is 11. The highest BCUT2D eigenvalue weighted by Gasteiger charge is 2.26. The third-order valence-corrected chi connectivity index (χ3v) is 18.2. The van der Waals surface area contributed by atoms with Gasteiger partial charge in [0.25, 0.3) is 23.6 Å². The summed E-state index contributed by atoms with van der Waals surface area (Å²) < 4.78 is 12.4. The van der Waals surface area contributed by atoms with Gasteiger partial charge in [-0.2, -0.15) is 0 Å². The molecule has 572 valence electrons. The third kappa shape index (κ3) is 21.8. The van der Waals surface area contributed by atoms with E-state index in [1.165, 1.54) is 38.1 Å². The van der Waals surface area contributed by atoms with Gasteiger partial charge in [0, 0.05) is 176 Å². The van der Waals surface area contributed by atoms with Crippen LogP contribution in [0.25, 0.3) is 0 Å². The lowest BCUT2D eigenvalue weighted by Gasteiger charge is -2.23. The number of aryl methyl sites for hydroxylation is 9. The number of halogens is 1. The number of amides is 6. The molecule has 6 N–H and O–H groups in total. The summed E-state index contributed by atoms with van der Waals surface area (Å²) in [6, 6.07) is 14.4. The van der Waals surface area contributed by atoms with Crippen LogP contribution < -0.4 is 36.8 Å². The molecule has 108 heavy (non-hydrogen) atoms. The number of rotatable bonds is 41. The Hall–Kier alpha value is -11.6. The van der Waals surface area contributed by atoms with Crippen molar-refractivity contribution in [2.24, 2.45) is 56.4 Å². The number of carbonyl (C=O) groups excluding carboxylic acids is 11. The van der Waals surface area contributed by atoms with Gasteiger partial charge < -0.3 is 78.2 Å². The van der Waals surface area contributed by atoms with Crippen LogP contribution in [0.4, 0.5) is 28.6 Å². The molecular formula is C76H95ClN20O11. The SMILES string of the molecule is CCCN(CCCl)c1ccc(CCCC(=O)NCCC(=O)Nc2cc(C(=O)Nc3cc(C(=O)Nc4cn(C)c(C(=O)Nc5cc(C(=O)NCCCC(=O)Cc6cn(C)c(C(=O)Cc7cc(C(=O)Cc8cn(C)c(C(=O)Cc9cn(C)c(C(=O)CCCCN(C)C)n9)n8)n(C)c7)n6)n(C)c5)n4)n(C)c3)n(C)c2)cc1. The van der Waals surface area contributed by atoms with E-state index >= 15 is 0 Å². The van der Waals surface area contributed by atoms with Gasteiger partial charge in [0.15, 0.2) is 34.9 Å². The first kappa shape index (κ1) is 80.5. The second-order valence-electron chi connectivity index (χ2n) is 27.3. The largest absolute Gasteiger partial charge is 0.370 e. The fourth-order valence-electron chi connectivity index (χ4n) is 12.7. The van der Waals surface area contributed by atoms with Crippen molar-refractivity contribution in [2.45, 2.75) is 96.8 Å². The average molecular weight is 1500 g/mol. The van der Waals surface area contributed by atoms with Crippen LogP contribution in [0.2, 0.25) is 0 Å². The minimum Gasteiger partial charge on any atom is -0.370 e. The van der Waals surface area contributed by atoms with E-state index in [0.717, 1.165) is 56.6 Å². The minimum atomic E-state index is -0.636. The van der Waals surface area contributed by atoms with E-state index < -0.39 is 23.6 Å². The molecule has 0 aliphatic carbocycles. The highest BCUT2D eigenvalue weighted by atomic mass is 35.5. The number of Topliss-reactive ketones (excluding diaryl/α,β-unsaturated/α-hetero) is 5. The summed E-state index contributed by atoms with van der Waals surface area (Å²) in [6.07, 6.45) is 17.6.